The second kappa shape index (κ2) is 5.05. The number of hydrogen-bond acceptors (Lipinski definition) is 4. The van der Waals surface area contributed by atoms with Crippen molar-refractivity contribution in [1.82, 2.24) is 19.5 Å². The smallest absolute Gasteiger partial charge is 0.182 e. The summed E-state index contributed by atoms with van der Waals surface area (Å²) in [5.41, 5.74) is 7.11. The molecule has 0 unspecified atom stereocenters. The fraction of sp³-hybridized carbons (Fsp3) is 0.167. The molecule has 0 spiro atoms. The van der Waals surface area contributed by atoms with Crippen LogP contribution in [0, 0.1) is 20.8 Å². The van der Waals surface area contributed by atoms with E-state index < -0.39 is 0 Å². The van der Waals surface area contributed by atoms with Crippen LogP contribution < -0.4 is 0 Å². The van der Waals surface area contributed by atoms with E-state index in [-0.39, 0.29) is 0 Å². The summed E-state index contributed by atoms with van der Waals surface area (Å²) in [7, 11) is 0. The van der Waals surface area contributed by atoms with Crippen molar-refractivity contribution in [2.24, 2.45) is 0 Å². The van der Waals surface area contributed by atoms with Gasteiger partial charge in [0.05, 0.1) is 17.4 Å². The number of fused-ring (bicyclic) bond motifs is 1. The summed E-state index contributed by atoms with van der Waals surface area (Å²) in [6, 6.07) is 4.36. The molecule has 0 radical (unpaired) electrons. The van der Waals surface area contributed by atoms with Crippen molar-refractivity contribution >= 4 is 11.1 Å². The zero-order valence-electron chi connectivity index (χ0n) is 13.2. The molecule has 23 heavy (non-hydrogen) atoms. The fourth-order valence-corrected chi connectivity index (χ4v) is 3.19. The first-order chi connectivity index (χ1) is 11.1. The first kappa shape index (κ1) is 13.7. The molecule has 0 aliphatic carbocycles. The van der Waals surface area contributed by atoms with E-state index in [9.17, 15) is 0 Å². The molecule has 3 aromatic heterocycles. The van der Waals surface area contributed by atoms with Crippen LogP contribution in [0.25, 0.3) is 28.2 Å². The molecule has 0 amide bonds. The summed E-state index contributed by atoms with van der Waals surface area (Å²) in [5.74, 6) is 0.812. The van der Waals surface area contributed by atoms with Crippen LogP contribution in [0.5, 0.6) is 0 Å². The number of benzene rings is 1. The van der Waals surface area contributed by atoms with Crippen molar-refractivity contribution in [1.29, 1.82) is 0 Å². The lowest BCUT2D eigenvalue weighted by molar-refractivity contribution is 0.601. The lowest BCUT2D eigenvalue weighted by Gasteiger charge is -2.15. The lowest BCUT2D eigenvalue weighted by Crippen LogP contribution is -2.02. The Morgan fingerprint density at radius 1 is 1.00 bits per heavy atom. The maximum atomic E-state index is 5.35. The standard InChI is InChI=1S/C18H16N4O/c1-11-6-12(2)17(13(3)7-11)22-5-4-20-18(22)14-8-19-9-15-16(14)21-10-23-15/h4-10H,1-3H3. The topological polar surface area (TPSA) is 56.7 Å². The molecule has 0 N–H and O–H groups in total. The Balaban J connectivity index is 1.99. The van der Waals surface area contributed by atoms with Crippen LogP contribution in [0.15, 0.2) is 47.7 Å². The highest BCUT2D eigenvalue weighted by Crippen LogP contribution is 2.30. The summed E-state index contributed by atoms with van der Waals surface area (Å²) in [4.78, 5) is 13.1. The van der Waals surface area contributed by atoms with Gasteiger partial charge < -0.3 is 4.42 Å². The van der Waals surface area contributed by atoms with Crippen LogP contribution in [0.4, 0.5) is 0 Å². The van der Waals surface area contributed by atoms with Crippen molar-refractivity contribution in [2.45, 2.75) is 20.8 Å². The van der Waals surface area contributed by atoms with Gasteiger partial charge in [-0.1, -0.05) is 17.7 Å². The molecule has 0 saturated carbocycles. The average Bonchev–Trinajstić information content (AvgIpc) is 3.14. The van der Waals surface area contributed by atoms with Gasteiger partial charge in [-0.05, 0) is 31.9 Å². The molecule has 1 aromatic carbocycles. The fourth-order valence-electron chi connectivity index (χ4n) is 3.19. The van der Waals surface area contributed by atoms with Crippen molar-refractivity contribution < 1.29 is 4.42 Å². The number of imidazole rings is 1. The zero-order chi connectivity index (χ0) is 16.0. The third-order valence-corrected chi connectivity index (χ3v) is 4.00. The molecule has 5 heteroatoms. The van der Waals surface area contributed by atoms with Gasteiger partial charge in [-0.2, -0.15) is 0 Å². The molecule has 0 saturated heterocycles. The summed E-state index contributed by atoms with van der Waals surface area (Å²) in [5, 5.41) is 0. The second-order valence-electron chi connectivity index (χ2n) is 5.75. The van der Waals surface area contributed by atoms with E-state index in [4.69, 9.17) is 4.42 Å². The summed E-state index contributed by atoms with van der Waals surface area (Å²) in [6.45, 7) is 6.35. The normalized spacial score (nSPS) is 11.3. The minimum absolute atomic E-state index is 0.661. The Morgan fingerprint density at radius 2 is 1.78 bits per heavy atom. The van der Waals surface area contributed by atoms with Crippen LogP contribution in [0.3, 0.4) is 0 Å². The van der Waals surface area contributed by atoms with E-state index in [0.29, 0.717) is 5.58 Å². The van der Waals surface area contributed by atoms with E-state index in [1.165, 1.54) is 23.1 Å². The highest BCUT2D eigenvalue weighted by atomic mass is 16.3. The number of rotatable bonds is 2. The number of hydrogen-bond donors (Lipinski definition) is 0. The third kappa shape index (κ3) is 2.12. The number of aryl methyl sites for hydroxylation is 3. The van der Waals surface area contributed by atoms with Crippen molar-refractivity contribution in [3.8, 4) is 17.1 Å². The predicted molar refractivity (Wildman–Crippen MR) is 88.6 cm³/mol. The number of oxazole rings is 1. The quantitative estimate of drug-likeness (QED) is 0.561. The largest absolute Gasteiger partial charge is 0.442 e. The van der Waals surface area contributed by atoms with Gasteiger partial charge >= 0.3 is 0 Å². The van der Waals surface area contributed by atoms with E-state index in [2.05, 4.69) is 52.4 Å². The van der Waals surface area contributed by atoms with Crippen LogP contribution in [-0.2, 0) is 0 Å². The average molecular weight is 304 g/mol. The van der Waals surface area contributed by atoms with Crippen LogP contribution in [-0.4, -0.2) is 19.5 Å². The van der Waals surface area contributed by atoms with Gasteiger partial charge in [-0.3, -0.25) is 9.55 Å². The van der Waals surface area contributed by atoms with Crippen molar-refractivity contribution in [2.75, 3.05) is 0 Å². The summed E-state index contributed by atoms with van der Waals surface area (Å²) in [6.07, 6.45) is 8.65. The van der Waals surface area contributed by atoms with E-state index in [1.54, 1.807) is 18.6 Å². The maximum absolute atomic E-state index is 5.35. The maximum Gasteiger partial charge on any atom is 0.182 e. The third-order valence-electron chi connectivity index (χ3n) is 4.00. The molecule has 0 atom stereocenters. The Bertz CT molecular complexity index is 990. The molecule has 5 nitrogen and oxygen atoms in total. The van der Waals surface area contributed by atoms with Crippen LogP contribution in [0.2, 0.25) is 0 Å². The molecule has 0 fully saturated rings. The molecule has 4 aromatic rings. The Kier molecular flexibility index (Phi) is 3.01. The highest BCUT2D eigenvalue weighted by molar-refractivity contribution is 5.87. The van der Waals surface area contributed by atoms with Gasteiger partial charge in [0, 0.05) is 18.6 Å². The SMILES string of the molecule is Cc1cc(C)c(-n2ccnc2-c2cncc3ocnc23)c(C)c1. The molecule has 4 rings (SSSR count). The molecule has 0 aliphatic heterocycles. The monoisotopic (exact) mass is 304 g/mol. The van der Waals surface area contributed by atoms with E-state index in [1.807, 2.05) is 6.20 Å². The van der Waals surface area contributed by atoms with Gasteiger partial charge in [0.2, 0.25) is 0 Å². The van der Waals surface area contributed by atoms with Crippen molar-refractivity contribution in [3.05, 3.63) is 60.0 Å². The molecule has 3 heterocycles. The zero-order valence-corrected chi connectivity index (χ0v) is 13.2. The van der Waals surface area contributed by atoms with Crippen LogP contribution in [0.1, 0.15) is 16.7 Å². The first-order valence-electron chi connectivity index (χ1n) is 7.44. The summed E-state index contributed by atoms with van der Waals surface area (Å²) >= 11 is 0. The van der Waals surface area contributed by atoms with Crippen molar-refractivity contribution in [3.63, 3.8) is 0 Å². The molecule has 0 bridgehead atoms. The molecule has 0 aliphatic rings. The van der Waals surface area contributed by atoms with Gasteiger partial charge in [-0.25, -0.2) is 9.97 Å². The number of nitrogens with zero attached hydrogens (tertiary/aromatic N) is 4. The van der Waals surface area contributed by atoms with Gasteiger partial charge in [0.25, 0.3) is 0 Å². The lowest BCUT2D eigenvalue weighted by atomic mass is 10.0. The van der Waals surface area contributed by atoms with Gasteiger partial charge in [0.1, 0.15) is 11.3 Å². The Labute approximate surface area is 133 Å². The molecular weight excluding hydrogens is 288 g/mol. The van der Waals surface area contributed by atoms with Gasteiger partial charge in [0.15, 0.2) is 12.0 Å². The van der Waals surface area contributed by atoms with E-state index in [0.717, 1.165) is 22.6 Å². The second-order valence-corrected chi connectivity index (χ2v) is 5.75. The van der Waals surface area contributed by atoms with E-state index >= 15 is 0 Å². The summed E-state index contributed by atoms with van der Waals surface area (Å²) < 4.78 is 7.45. The highest BCUT2D eigenvalue weighted by Gasteiger charge is 2.16. The Hall–Kier alpha value is -2.95. The van der Waals surface area contributed by atoms with Gasteiger partial charge in [-0.15, -0.1) is 0 Å². The molecule has 114 valence electrons. The number of aromatic nitrogens is 4. The Morgan fingerprint density at radius 3 is 2.57 bits per heavy atom. The molecular formula is C18H16N4O. The first-order valence-corrected chi connectivity index (χ1v) is 7.44. The minimum Gasteiger partial charge on any atom is -0.442 e. The van der Waals surface area contributed by atoms with Crippen LogP contribution >= 0.6 is 0 Å². The predicted octanol–water partition coefficient (Wildman–Crippen LogP) is 4.00. The minimum atomic E-state index is 0.661. The number of pyridine rings is 1.